The van der Waals surface area contributed by atoms with Gasteiger partial charge in [0.1, 0.15) is 30.3 Å². The largest absolute Gasteiger partial charge is 0.481 e. The van der Waals surface area contributed by atoms with Gasteiger partial charge in [0.05, 0.1) is 42.4 Å². The molecule has 10 nitrogen and oxygen atoms in total. The Morgan fingerprint density at radius 3 is 2.52 bits per heavy atom. The summed E-state index contributed by atoms with van der Waals surface area (Å²) in [4.78, 5) is 27.9. The molecule has 0 spiro atoms. The number of hydrogen-bond acceptors (Lipinski definition) is 7. The van der Waals surface area contributed by atoms with E-state index in [1.165, 1.54) is 17.0 Å². The fraction of sp³-hybridized carbons (Fsp3) is 0.467. The lowest BCUT2D eigenvalue weighted by Gasteiger charge is -2.26. The summed E-state index contributed by atoms with van der Waals surface area (Å²) in [5.41, 5.74) is 1.24. The number of alkyl halides is 1. The van der Waals surface area contributed by atoms with Gasteiger partial charge in [-0.05, 0) is 45.9 Å². The minimum Gasteiger partial charge on any atom is -0.481 e. The molecule has 1 aliphatic rings. The van der Waals surface area contributed by atoms with E-state index < -0.39 is 49.6 Å². The van der Waals surface area contributed by atoms with Gasteiger partial charge in [-0.25, -0.2) is 8.78 Å². The molecule has 2 amide bonds. The number of benzene rings is 2. The summed E-state index contributed by atoms with van der Waals surface area (Å²) in [7, 11) is -3.49. The molecule has 4 rings (SSSR count). The summed E-state index contributed by atoms with van der Waals surface area (Å²) in [6, 6.07) is 7.53. The highest BCUT2D eigenvalue weighted by molar-refractivity contribution is 7.53. The van der Waals surface area contributed by atoms with Crippen LogP contribution in [0.1, 0.15) is 57.4 Å². The lowest BCUT2D eigenvalue weighted by molar-refractivity contribution is -0.139. The molecule has 3 aromatic rings. The van der Waals surface area contributed by atoms with Crippen LogP contribution in [0.3, 0.4) is 0 Å². The van der Waals surface area contributed by atoms with Crippen molar-refractivity contribution in [3.05, 3.63) is 64.6 Å². The number of fused-ring (bicyclic) bond motifs is 1. The summed E-state index contributed by atoms with van der Waals surface area (Å²) in [6.07, 6.45) is -1.21. The van der Waals surface area contributed by atoms with Crippen molar-refractivity contribution in [1.29, 1.82) is 0 Å². The number of carbonyl (C=O) groups excluding carboxylic acids is 2. The van der Waals surface area contributed by atoms with Gasteiger partial charge < -0.3 is 33.7 Å². The summed E-state index contributed by atoms with van der Waals surface area (Å²) < 4.78 is 59.9. The van der Waals surface area contributed by atoms with E-state index in [1.54, 1.807) is 62.7 Å². The van der Waals surface area contributed by atoms with Gasteiger partial charge in [-0.15, -0.1) is 0 Å². The van der Waals surface area contributed by atoms with Gasteiger partial charge in [-0.2, -0.15) is 0 Å². The number of aromatic nitrogens is 1. The fourth-order valence-electron chi connectivity index (χ4n) is 5.30. The summed E-state index contributed by atoms with van der Waals surface area (Å²) >= 11 is 5.88. The van der Waals surface area contributed by atoms with Crippen molar-refractivity contribution in [1.82, 2.24) is 14.8 Å². The summed E-state index contributed by atoms with van der Waals surface area (Å²) in [5, 5.41) is 13.6. The highest BCUT2D eigenvalue weighted by Gasteiger charge is 2.40. The normalized spacial score (nSPS) is 18.4. The number of nitrogens with one attached hydrogen (secondary N) is 1. The number of ether oxygens (including phenoxy) is 1. The van der Waals surface area contributed by atoms with E-state index in [0.717, 1.165) is 0 Å². The van der Waals surface area contributed by atoms with Crippen molar-refractivity contribution in [3.8, 4) is 5.75 Å². The topological polar surface area (TPSA) is 119 Å². The Kier molecular flexibility index (Phi) is 11.1. The second-order valence-electron chi connectivity index (χ2n) is 10.6. The molecule has 0 aliphatic carbocycles. The Morgan fingerprint density at radius 2 is 1.86 bits per heavy atom. The molecule has 1 unspecified atom stereocenters. The molecular weight excluding hydrogens is 619 g/mol. The zero-order chi connectivity index (χ0) is 32.2. The van der Waals surface area contributed by atoms with Crippen molar-refractivity contribution < 1.29 is 41.8 Å². The number of aliphatic hydroxyl groups excluding tert-OH is 1. The van der Waals surface area contributed by atoms with Gasteiger partial charge in [0.25, 0.3) is 0 Å². The Labute approximate surface area is 259 Å². The Morgan fingerprint density at radius 1 is 1.16 bits per heavy atom. The number of amides is 2. The molecule has 1 aliphatic heterocycles. The lowest BCUT2D eigenvalue weighted by atomic mass is 10.1. The van der Waals surface area contributed by atoms with Gasteiger partial charge in [-0.1, -0.05) is 23.7 Å². The zero-order valence-corrected chi connectivity index (χ0v) is 26.6. The van der Waals surface area contributed by atoms with Crippen molar-refractivity contribution >= 4 is 41.9 Å². The molecular formula is C30H37ClF2N3O7P. The molecule has 1 fully saturated rings. The van der Waals surface area contributed by atoms with Crippen LogP contribution in [0.2, 0.25) is 5.02 Å². The Bertz CT molecular complexity index is 1540. The first kappa shape index (κ1) is 33.9. The highest BCUT2D eigenvalue weighted by atomic mass is 35.5. The predicted molar refractivity (Wildman–Crippen MR) is 162 cm³/mol. The van der Waals surface area contributed by atoms with E-state index in [0.29, 0.717) is 22.2 Å². The second-order valence-corrected chi connectivity index (χ2v) is 13.0. The van der Waals surface area contributed by atoms with Crippen LogP contribution in [-0.4, -0.2) is 64.7 Å². The first-order valence-corrected chi connectivity index (χ1v) is 16.5. The number of aliphatic hydroxyl groups is 1. The van der Waals surface area contributed by atoms with Crippen molar-refractivity contribution in [3.63, 3.8) is 0 Å². The van der Waals surface area contributed by atoms with E-state index in [4.69, 9.17) is 25.4 Å². The average molecular weight is 656 g/mol. The number of halogens is 3. The molecule has 1 aromatic heterocycles. The first-order valence-electron chi connectivity index (χ1n) is 14.4. The van der Waals surface area contributed by atoms with Gasteiger partial charge in [0.15, 0.2) is 6.35 Å². The quantitative estimate of drug-likeness (QED) is 0.220. The predicted octanol–water partition coefficient (Wildman–Crippen LogP) is 5.91. The summed E-state index contributed by atoms with van der Waals surface area (Å²) in [5.74, 6) is -1.48. The standard InChI is InChI=1S/C30H37ClF2N3O7P/c1-5-42-44(40,43-6-2)17-41-21-10-11-23-24(19(4)37)15-35(26(23)13-21)16-28(38)36-14-20(32)12-27(36)30(39)34-18(3)22-8-7-9-25(31)29(22)33/h7-11,13,15,18-20,27,37H,5-6,12,14,16-17H2,1-4H3,(H,34,39)/t18-,19?,20-,27+/m1/s1. The molecule has 0 bridgehead atoms. The van der Waals surface area contributed by atoms with Crippen molar-refractivity contribution in [2.45, 2.75) is 65.0 Å². The maximum atomic E-state index is 14.6. The first-order chi connectivity index (χ1) is 20.9. The number of likely N-dealkylation sites (tertiary alicyclic amines) is 1. The van der Waals surface area contributed by atoms with Crippen LogP contribution >= 0.6 is 19.2 Å². The van der Waals surface area contributed by atoms with Crippen LogP contribution in [0.25, 0.3) is 10.9 Å². The number of nitrogens with zero attached hydrogens (tertiary/aromatic N) is 2. The van der Waals surface area contributed by atoms with Crippen LogP contribution < -0.4 is 10.1 Å². The van der Waals surface area contributed by atoms with E-state index in [1.807, 2.05) is 0 Å². The Hall–Kier alpha value is -3.02. The number of hydrogen-bond donors (Lipinski definition) is 2. The van der Waals surface area contributed by atoms with E-state index in [-0.39, 0.29) is 49.7 Å². The number of rotatable bonds is 13. The van der Waals surface area contributed by atoms with Crippen molar-refractivity contribution in [2.24, 2.45) is 0 Å². The van der Waals surface area contributed by atoms with E-state index in [9.17, 15) is 28.0 Å². The summed E-state index contributed by atoms with van der Waals surface area (Å²) in [6.45, 7) is 6.35. The van der Waals surface area contributed by atoms with Gasteiger partial charge >= 0.3 is 7.60 Å². The Balaban J connectivity index is 1.55. The van der Waals surface area contributed by atoms with Gasteiger partial charge in [0, 0.05) is 35.2 Å². The van der Waals surface area contributed by atoms with Crippen LogP contribution in [0.5, 0.6) is 5.75 Å². The van der Waals surface area contributed by atoms with Crippen LogP contribution in [0.4, 0.5) is 8.78 Å². The van der Waals surface area contributed by atoms with Crippen LogP contribution in [0.15, 0.2) is 42.6 Å². The molecule has 1 saturated heterocycles. The monoisotopic (exact) mass is 655 g/mol. The zero-order valence-electron chi connectivity index (χ0n) is 25.0. The minimum atomic E-state index is -3.49. The average Bonchev–Trinajstić information content (AvgIpc) is 3.54. The van der Waals surface area contributed by atoms with Crippen molar-refractivity contribution in [2.75, 3.05) is 26.1 Å². The maximum absolute atomic E-state index is 14.6. The molecule has 0 saturated carbocycles. The number of carbonyl (C=O) groups is 2. The molecule has 0 radical (unpaired) electrons. The molecule has 4 atom stereocenters. The third-order valence-electron chi connectivity index (χ3n) is 7.36. The smallest absolute Gasteiger partial charge is 0.367 e. The molecule has 2 heterocycles. The highest BCUT2D eigenvalue weighted by Crippen LogP contribution is 2.48. The van der Waals surface area contributed by atoms with Gasteiger partial charge in [0.2, 0.25) is 11.8 Å². The van der Waals surface area contributed by atoms with Gasteiger partial charge in [-0.3, -0.25) is 14.2 Å². The van der Waals surface area contributed by atoms with E-state index >= 15 is 0 Å². The second kappa shape index (κ2) is 14.4. The molecule has 2 aromatic carbocycles. The molecule has 44 heavy (non-hydrogen) atoms. The maximum Gasteiger partial charge on any atom is 0.367 e. The van der Waals surface area contributed by atoms with E-state index in [2.05, 4.69) is 5.32 Å². The van der Waals surface area contributed by atoms with Crippen LogP contribution in [0, 0.1) is 5.82 Å². The third-order valence-corrected chi connectivity index (χ3v) is 9.40. The molecule has 14 heteroatoms. The fourth-order valence-corrected chi connectivity index (χ4v) is 6.80. The van der Waals surface area contributed by atoms with Crippen LogP contribution in [-0.2, 0) is 29.7 Å². The molecule has 2 N–H and O–H groups in total. The minimum absolute atomic E-state index is 0.0910. The third kappa shape index (κ3) is 7.61. The molecule has 240 valence electrons. The lowest BCUT2D eigenvalue weighted by Crippen LogP contribution is -2.47. The SMILES string of the molecule is CCOP(=O)(COc1ccc2c(C(C)O)cn(CC(=O)N3C[C@H](F)C[C@H]3C(=O)N[C@H](C)c3cccc(Cl)c3F)c2c1)OCC.